The zero-order valence-electron chi connectivity index (χ0n) is 12.3. The molecule has 1 heterocycles. The van der Waals surface area contributed by atoms with E-state index in [1.165, 1.54) is 17.3 Å². The molecule has 0 spiro atoms. The summed E-state index contributed by atoms with van der Waals surface area (Å²) in [6, 6.07) is 5.14. The van der Waals surface area contributed by atoms with Crippen molar-refractivity contribution in [3.8, 4) is 5.69 Å². The Balaban J connectivity index is 2.36. The van der Waals surface area contributed by atoms with Crippen LogP contribution in [0.15, 0.2) is 52.1 Å². The smallest absolute Gasteiger partial charge is 0.259 e. The van der Waals surface area contributed by atoms with Gasteiger partial charge in [0.2, 0.25) is 0 Å². The van der Waals surface area contributed by atoms with Crippen molar-refractivity contribution in [3.05, 3.63) is 62.7 Å². The summed E-state index contributed by atoms with van der Waals surface area (Å²) in [5, 5.41) is 7.73. The van der Waals surface area contributed by atoms with Gasteiger partial charge < -0.3 is 5.32 Å². The zero-order valence-corrected chi connectivity index (χ0v) is 15.4. The fraction of sp³-hybridized carbons (Fsp3) is 0.133. The Morgan fingerprint density at radius 1 is 1.39 bits per heavy atom. The highest BCUT2D eigenvalue weighted by Crippen LogP contribution is 2.23. The van der Waals surface area contributed by atoms with Gasteiger partial charge in [-0.25, -0.2) is 9.67 Å². The number of hydrogen-bond donors (Lipinski definition) is 1. The molecule has 0 radical (unpaired) electrons. The third-order valence-electron chi connectivity index (χ3n) is 2.87. The van der Waals surface area contributed by atoms with Crippen LogP contribution in [0.25, 0.3) is 5.69 Å². The van der Waals surface area contributed by atoms with Gasteiger partial charge in [-0.05, 0) is 48.0 Å². The third-order valence-corrected chi connectivity index (χ3v) is 4.44. The highest BCUT2D eigenvalue weighted by molar-refractivity contribution is 9.12. The average molecular weight is 416 g/mol. The number of rotatable bonds is 4. The molecule has 0 atom stereocenters. The summed E-state index contributed by atoms with van der Waals surface area (Å²) in [5.74, 6) is -0.345. The van der Waals surface area contributed by atoms with Gasteiger partial charge in [0.05, 0.1) is 16.3 Å². The van der Waals surface area contributed by atoms with E-state index in [1.54, 1.807) is 38.1 Å². The van der Waals surface area contributed by atoms with Crippen LogP contribution in [-0.4, -0.2) is 20.7 Å². The van der Waals surface area contributed by atoms with Gasteiger partial charge in [0.1, 0.15) is 12.7 Å². The molecule has 1 N–H and O–H groups in total. The first-order valence-electron chi connectivity index (χ1n) is 6.55. The van der Waals surface area contributed by atoms with Crippen LogP contribution in [0.4, 0.5) is 0 Å². The number of nitrogens with zero attached hydrogens (tertiary/aromatic N) is 3. The number of allylic oxidation sites excluding steroid dienone is 4. The van der Waals surface area contributed by atoms with Crippen molar-refractivity contribution in [1.29, 1.82) is 0 Å². The fourth-order valence-electron chi connectivity index (χ4n) is 1.83. The van der Waals surface area contributed by atoms with E-state index >= 15 is 0 Å². The molecule has 0 aliphatic heterocycles. The predicted molar refractivity (Wildman–Crippen MR) is 95.1 cm³/mol. The lowest BCUT2D eigenvalue weighted by atomic mass is 10.1. The van der Waals surface area contributed by atoms with Crippen molar-refractivity contribution in [3.63, 3.8) is 0 Å². The lowest BCUT2D eigenvalue weighted by Gasteiger charge is -2.12. The first kappa shape index (κ1) is 17.7. The van der Waals surface area contributed by atoms with Crippen LogP contribution in [0.2, 0.25) is 5.02 Å². The van der Waals surface area contributed by atoms with E-state index in [1.807, 2.05) is 0 Å². The summed E-state index contributed by atoms with van der Waals surface area (Å²) < 4.78 is 2.17. The van der Waals surface area contributed by atoms with E-state index in [-0.39, 0.29) is 5.91 Å². The molecule has 0 bridgehead atoms. The molecular weight excluding hydrogens is 403 g/mol. The molecule has 120 valence electrons. The largest absolute Gasteiger partial charge is 0.326 e. The molecule has 2 rings (SSSR count). The molecule has 8 heteroatoms. The van der Waals surface area contributed by atoms with Crippen molar-refractivity contribution in [2.75, 3.05) is 0 Å². The number of carbonyl (C=O) groups excluding carboxylic acids is 1. The topological polar surface area (TPSA) is 59.8 Å². The number of amides is 1. The first-order valence-corrected chi connectivity index (χ1v) is 8.10. The normalized spacial score (nSPS) is 12.8. The van der Waals surface area contributed by atoms with E-state index in [9.17, 15) is 4.79 Å². The summed E-state index contributed by atoms with van der Waals surface area (Å²) in [7, 11) is 0. The molecule has 5 nitrogen and oxygen atoms in total. The molecule has 23 heavy (non-hydrogen) atoms. The van der Waals surface area contributed by atoms with Crippen molar-refractivity contribution in [1.82, 2.24) is 20.1 Å². The van der Waals surface area contributed by atoms with Gasteiger partial charge in [-0.3, -0.25) is 4.79 Å². The van der Waals surface area contributed by atoms with Crippen LogP contribution in [-0.2, 0) is 0 Å². The van der Waals surface area contributed by atoms with E-state index in [0.29, 0.717) is 31.5 Å². The number of aromatic nitrogens is 3. The van der Waals surface area contributed by atoms with Crippen molar-refractivity contribution < 1.29 is 4.79 Å². The van der Waals surface area contributed by atoms with Gasteiger partial charge in [0.15, 0.2) is 0 Å². The minimum Gasteiger partial charge on any atom is -0.326 e. The average Bonchev–Trinajstić information content (AvgIpc) is 3.00. The minimum atomic E-state index is -0.345. The Kier molecular flexibility index (Phi) is 5.98. The van der Waals surface area contributed by atoms with Crippen LogP contribution in [0, 0.1) is 0 Å². The Morgan fingerprint density at radius 2 is 2.13 bits per heavy atom. The second kappa shape index (κ2) is 7.77. The molecule has 0 saturated carbocycles. The number of benzene rings is 1. The highest BCUT2D eigenvalue weighted by Gasteiger charge is 2.17. The highest BCUT2D eigenvalue weighted by atomic mass is 79.9. The number of nitrogens with one attached hydrogen (secondary N) is 1. The maximum Gasteiger partial charge on any atom is 0.259 e. The van der Waals surface area contributed by atoms with Crippen molar-refractivity contribution in [2.24, 2.45) is 0 Å². The Hall–Kier alpha value is -1.63. The van der Waals surface area contributed by atoms with Crippen LogP contribution < -0.4 is 5.32 Å². The summed E-state index contributed by atoms with van der Waals surface area (Å²) in [6.45, 7) is 3.50. The quantitative estimate of drug-likeness (QED) is 0.751. The molecule has 0 aliphatic carbocycles. The molecule has 2 aromatic rings. The van der Waals surface area contributed by atoms with E-state index in [2.05, 4.69) is 31.3 Å². The summed E-state index contributed by atoms with van der Waals surface area (Å²) in [4.78, 5) is 16.5. The summed E-state index contributed by atoms with van der Waals surface area (Å²) in [6.07, 6.45) is 4.60. The predicted octanol–water partition coefficient (Wildman–Crippen LogP) is 4.42. The van der Waals surface area contributed by atoms with Crippen molar-refractivity contribution in [2.45, 2.75) is 13.8 Å². The van der Waals surface area contributed by atoms with E-state index in [4.69, 9.17) is 23.2 Å². The summed E-state index contributed by atoms with van der Waals surface area (Å²) >= 11 is 15.4. The fourth-order valence-corrected chi connectivity index (χ4v) is 2.48. The molecule has 1 aromatic heterocycles. The molecule has 0 fully saturated rings. The molecular formula is C15H13BrCl2N4O. The maximum absolute atomic E-state index is 12.6. The standard InChI is InChI=1S/C15H13BrCl2N4O/c1-9(6-11(16)10(2)17)21-15(23)14-12(18)4-3-5-13(14)22-8-19-7-20-22/h3-8H,1-2H3,(H,21,23)/b9-6+,11-10-. The molecule has 0 saturated heterocycles. The Morgan fingerprint density at radius 3 is 2.74 bits per heavy atom. The molecule has 1 amide bonds. The molecule has 0 aliphatic rings. The minimum absolute atomic E-state index is 0.315. The lowest BCUT2D eigenvalue weighted by Crippen LogP contribution is -2.23. The third kappa shape index (κ3) is 4.43. The molecule has 1 aromatic carbocycles. The zero-order chi connectivity index (χ0) is 17.0. The van der Waals surface area contributed by atoms with Crippen LogP contribution >= 0.6 is 39.1 Å². The van der Waals surface area contributed by atoms with E-state index < -0.39 is 0 Å². The number of carbonyl (C=O) groups is 1. The van der Waals surface area contributed by atoms with Gasteiger partial charge in [-0.2, -0.15) is 5.10 Å². The van der Waals surface area contributed by atoms with Crippen LogP contribution in [0.5, 0.6) is 0 Å². The summed E-state index contributed by atoms with van der Waals surface area (Å²) in [5.41, 5.74) is 1.48. The van der Waals surface area contributed by atoms with Gasteiger partial charge in [0, 0.05) is 15.2 Å². The van der Waals surface area contributed by atoms with Gasteiger partial charge in [-0.15, -0.1) is 0 Å². The maximum atomic E-state index is 12.6. The van der Waals surface area contributed by atoms with Gasteiger partial charge in [-0.1, -0.05) is 29.3 Å². The first-order chi connectivity index (χ1) is 10.9. The van der Waals surface area contributed by atoms with Crippen LogP contribution in [0.3, 0.4) is 0 Å². The van der Waals surface area contributed by atoms with Crippen LogP contribution in [0.1, 0.15) is 24.2 Å². The SMILES string of the molecule is C/C(Cl)=C(Br)\C=C(/C)NC(=O)c1c(Cl)cccc1-n1cncn1. The Bertz CT molecular complexity index is 781. The monoisotopic (exact) mass is 414 g/mol. The number of halogens is 3. The second-order valence-electron chi connectivity index (χ2n) is 4.64. The van der Waals surface area contributed by atoms with E-state index in [0.717, 1.165) is 0 Å². The number of hydrogen-bond acceptors (Lipinski definition) is 3. The van der Waals surface area contributed by atoms with Gasteiger partial charge in [0.25, 0.3) is 5.91 Å². The second-order valence-corrected chi connectivity index (χ2v) is 6.47. The lowest BCUT2D eigenvalue weighted by molar-refractivity contribution is 0.0966. The van der Waals surface area contributed by atoms with Gasteiger partial charge >= 0.3 is 0 Å². The molecule has 0 unspecified atom stereocenters. The Labute approximate surface area is 152 Å². The van der Waals surface area contributed by atoms with Crippen molar-refractivity contribution >= 4 is 45.0 Å².